The number of cyclic esters (lactones) is 1. The summed E-state index contributed by atoms with van der Waals surface area (Å²) in [5.74, 6) is 0.421. The summed E-state index contributed by atoms with van der Waals surface area (Å²) in [6, 6.07) is 11.8. The van der Waals surface area contributed by atoms with Gasteiger partial charge in [0.25, 0.3) is 0 Å². The molecule has 0 saturated carbocycles. The molecule has 27 heavy (non-hydrogen) atoms. The van der Waals surface area contributed by atoms with Crippen LogP contribution in [0.3, 0.4) is 0 Å². The smallest absolute Gasteiger partial charge is 0.342 e. The van der Waals surface area contributed by atoms with Crippen LogP contribution < -0.4 is 4.74 Å². The van der Waals surface area contributed by atoms with Crippen LogP contribution in [-0.2, 0) is 9.53 Å². The maximum atomic E-state index is 12.6. The number of carbonyl (C=O) groups is 1. The van der Waals surface area contributed by atoms with Crippen molar-refractivity contribution in [2.24, 2.45) is 0 Å². The monoisotopic (exact) mass is 366 g/mol. The van der Waals surface area contributed by atoms with Crippen molar-refractivity contribution in [2.45, 2.75) is 46.6 Å². The predicted molar refractivity (Wildman–Crippen MR) is 106 cm³/mol. The molecule has 0 radical (unpaired) electrons. The number of hydrogen-bond acceptors (Lipinski definition) is 4. The number of aliphatic hydroxyl groups is 1. The minimum atomic E-state index is -0.464. The predicted octanol–water partition coefficient (Wildman–Crippen LogP) is 4.97. The van der Waals surface area contributed by atoms with Crippen molar-refractivity contribution in [1.29, 1.82) is 0 Å². The molecule has 1 atom stereocenters. The van der Waals surface area contributed by atoms with Gasteiger partial charge in [0.2, 0.25) is 0 Å². The molecule has 0 aliphatic carbocycles. The number of carbonyl (C=O) groups excluding carboxylic acids is 1. The lowest BCUT2D eigenvalue weighted by Gasteiger charge is -2.26. The van der Waals surface area contributed by atoms with Gasteiger partial charge in [0.15, 0.2) is 0 Å². The first-order valence-corrected chi connectivity index (χ1v) is 9.26. The van der Waals surface area contributed by atoms with Gasteiger partial charge in [-0.3, -0.25) is 0 Å². The highest BCUT2D eigenvalue weighted by Crippen LogP contribution is 2.33. The van der Waals surface area contributed by atoms with E-state index in [1.807, 2.05) is 64.1 Å². The Morgan fingerprint density at radius 2 is 1.67 bits per heavy atom. The summed E-state index contributed by atoms with van der Waals surface area (Å²) < 4.78 is 11.3. The van der Waals surface area contributed by atoms with E-state index >= 15 is 0 Å². The number of aryl methyl sites for hydroxylation is 4. The average Bonchev–Trinajstić information content (AvgIpc) is 2.58. The third-order valence-electron chi connectivity index (χ3n) is 4.84. The number of ether oxygens (including phenoxy) is 2. The van der Waals surface area contributed by atoms with E-state index in [0.29, 0.717) is 25.0 Å². The fourth-order valence-electron chi connectivity index (χ4n) is 3.61. The molecular formula is C23H26O4. The van der Waals surface area contributed by atoms with E-state index in [-0.39, 0.29) is 11.9 Å². The van der Waals surface area contributed by atoms with Crippen LogP contribution in [0.15, 0.2) is 42.2 Å². The van der Waals surface area contributed by atoms with E-state index in [9.17, 15) is 9.90 Å². The molecule has 0 amide bonds. The Morgan fingerprint density at radius 1 is 1.04 bits per heavy atom. The Kier molecular flexibility index (Phi) is 5.54. The number of aliphatic hydroxyl groups excluding tert-OH is 1. The lowest BCUT2D eigenvalue weighted by atomic mass is 9.90. The maximum absolute atomic E-state index is 12.6. The molecule has 0 fully saturated rings. The Labute approximate surface area is 160 Å². The SMILES string of the molecule is Cc1ccc(OCCC2CC(O)=C(c3c(C)cc(C)cc3C)C(=O)O2)cc1. The van der Waals surface area contributed by atoms with Crippen molar-refractivity contribution in [3.8, 4) is 5.75 Å². The van der Waals surface area contributed by atoms with Gasteiger partial charge in [0.1, 0.15) is 23.2 Å². The topological polar surface area (TPSA) is 55.8 Å². The van der Waals surface area contributed by atoms with Crippen LogP contribution in [0, 0.1) is 27.7 Å². The van der Waals surface area contributed by atoms with Gasteiger partial charge in [-0.05, 0) is 56.5 Å². The standard InChI is InChI=1S/C23H26O4/c1-14-5-7-18(8-6-14)26-10-9-19-13-20(24)22(23(25)27-19)21-16(3)11-15(2)12-17(21)4/h5-8,11-12,19,24H,9-10,13H2,1-4H3. The highest BCUT2D eigenvalue weighted by Gasteiger charge is 2.31. The molecule has 4 nitrogen and oxygen atoms in total. The van der Waals surface area contributed by atoms with Crippen molar-refractivity contribution in [2.75, 3.05) is 6.61 Å². The molecule has 0 spiro atoms. The second-order valence-corrected chi connectivity index (χ2v) is 7.28. The number of esters is 1. The Bertz CT molecular complexity index is 855. The molecule has 0 bridgehead atoms. The van der Waals surface area contributed by atoms with E-state index in [2.05, 4.69) is 0 Å². The van der Waals surface area contributed by atoms with Gasteiger partial charge < -0.3 is 14.6 Å². The van der Waals surface area contributed by atoms with Crippen LogP contribution in [0.1, 0.15) is 40.7 Å². The molecule has 0 aromatic heterocycles. The molecule has 1 heterocycles. The van der Waals surface area contributed by atoms with Gasteiger partial charge in [0.05, 0.1) is 6.61 Å². The Morgan fingerprint density at radius 3 is 2.26 bits per heavy atom. The van der Waals surface area contributed by atoms with Crippen molar-refractivity contribution in [3.63, 3.8) is 0 Å². The number of hydrogen-bond donors (Lipinski definition) is 1. The highest BCUT2D eigenvalue weighted by atomic mass is 16.5. The summed E-state index contributed by atoms with van der Waals surface area (Å²) in [5.41, 5.74) is 5.30. The Hall–Kier alpha value is -2.75. The van der Waals surface area contributed by atoms with Gasteiger partial charge in [-0.2, -0.15) is 0 Å². The van der Waals surface area contributed by atoms with Crippen LogP contribution in [-0.4, -0.2) is 23.8 Å². The number of benzene rings is 2. The third kappa shape index (κ3) is 4.33. The quantitative estimate of drug-likeness (QED) is 0.759. The minimum Gasteiger partial charge on any atom is -0.511 e. The molecule has 4 heteroatoms. The zero-order chi connectivity index (χ0) is 19.6. The van der Waals surface area contributed by atoms with Crippen molar-refractivity contribution < 1.29 is 19.4 Å². The van der Waals surface area contributed by atoms with Crippen LogP contribution in [0.2, 0.25) is 0 Å². The molecule has 142 valence electrons. The fourth-order valence-corrected chi connectivity index (χ4v) is 3.61. The Balaban J connectivity index is 1.69. The second kappa shape index (κ2) is 7.87. The normalized spacial score (nSPS) is 17.0. The molecule has 2 aromatic carbocycles. The first-order valence-electron chi connectivity index (χ1n) is 9.26. The lowest BCUT2D eigenvalue weighted by Crippen LogP contribution is -2.28. The van der Waals surface area contributed by atoms with Gasteiger partial charge in [0, 0.05) is 12.8 Å². The van der Waals surface area contributed by atoms with E-state index in [4.69, 9.17) is 9.47 Å². The van der Waals surface area contributed by atoms with Crippen LogP contribution in [0.25, 0.3) is 5.57 Å². The van der Waals surface area contributed by atoms with E-state index in [1.165, 1.54) is 5.56 Å². The summed E-state index contributed by atoms with van der Waals surface area (Å²) in [5, 5.41) is 10.6. The summed E-state index contributed by atoms with van der Waals surface area (Å²) in [4.78, 5) is 12.6. The summed E-state index contributed by atoms with van der Waals surface area (Å²) >= 11 is 0. The van der Waals surface area contributed by atoms with E-state index in [1.54, 1.807) is 0 Å². The zero-order valence-electron chi connectivity index (χ0n) is 16.3. The zero-order valence-corrected chi connectivity index (χ0v) is 16.3. The third-order valence-corrected chi connectivity index (χ3v) is 4.84. The highest BCUT2D eigenvalue weighted by molar-refractivity contribution is 6.18. The molecule has 2 aromatic rings. The van der Waals surface area contributed by atoms with Gasteiger partial charge >= 0.3 is 5.97 Å². The molecule has 0 saturated heterocycles. The summed E-state index contributed by atoms with van der Waals surface area (Å²) in [7, 11) is 0. The summed E-state index contributed by atoms with van der Waals surface area (Å²) in [6.45, 7) is 8.36. The second-order valence-electron chi connectivity index (χ2n) is 7.28. The molecule has 1 unspecified atom stereocenters. The number of rotatable bonds is 5. The lowest BCUT2D eigenvalue weighted by molar-refractivity contribution is -0.144. The fraction of sp³-hybridized carbons (Fsp3) is 0.348. The maximum Gasteiger partial charge on any atom is 0.342 e. The van der Waals surface area contributed by atoms with Crippen LogP contribution >= 0.6 is 0 Å². The van der Waals surface area contributed by atoms with Crippen molar-refractivity contribution >= 4 is 11.5 Å². The van der Waals surface area contributed by atoms with Gasteiger partial charge in [-0.15, -0.1) is 0 Å². The molecule has 1 N–H and O–H groups in total. The van der Waals surface area contributed by atoms with Crippen LogP contribution in [0.4, 0.5) is 0 Å². The van der Waals surface area contributed by atoms with Crippen LogP contribution in [0.5, 0.6) is 5.75 Å². The first kappa shape index (κ1) is 19.0. The van der Waals surface area contributed by atoms with E-state index in [0.717, 1.165) is 28.0 Å². The van der Waals surface area contributed by atoms with E-state index < -0.39 is 5.97 Å². The largest absolute Gasteiger partial charge is 0.511 e. The van der Waals surface area contributed by atoms with Crippen molar-refractivity contribution in [1.82, 2.24) is 0 Å². The molecule has 1 aliphatic heterocycles. The van der Waals surface area contributed by atoms with Gasteiger partial charge in [-0.25, -0.2) is 4.79 Å². The molecule has 3 rings (SSSR count). The summed E-state index contributed by atoms with van der Waals surface area (Å²) in [6.07, 6.45) is 0.464. The molecule has 1 aliphatic rings. The molecular weight excluding hydrogens is 340 g/mol. The van der Waals surface area contributed by atoms with Crippen molar-refractivity contribution in [3.05, 3.63) is 70.0 Å². The van der Waals surface area contributed by atoms with Gasteiger partial charge in [-0.1, -0.05) is 35.4 Å². The average molecular weight is 366 g/mol. The first-order chi connectivity index (χ1) is 12.8. The minimum absolute atomic E-state index is 0.0987.